The van der Waals surface area contributed by atoms with Crippen molar-refractivity contribution in [2.24, 2.45) is 0 Å². The maximum atomic E-state index is 6.09. The van der Waals surface area contributed by atoms with E-state index in [1.807, 2.05) is 19.2 Å². The van der Waals surface area contributed by atoms with Crippen molar-refractivity contribution in [2.75, 3.05) is 7.05 Å². The fourth-order valence-corrected chi connectivity index (χ4v) is 1.98. The summed E-state index contributed by atoms with van der Waals surface area (Å²) in [6.07, 6.45) is 1.97. The van der Waals surface area contributed by atoms with Gasteiger partial charge in [0.2, 0.25) is 0 Å². The Kier molecular flexibility index (Phi) is 5.53. The van der Waals surface area contributed by atoms with Crippen LogP contribution in [0.15, 0.2) is 34.8 Å². The van der Waals surface area contributed by atoms with Crippen molar-refractivity contribution in [2.45, 2.75) is 25.8 Å². The fraction of sp³-hybridized carbons (Fsp3) is 0.385. The number of hydrogen-bond donors (Lipinski definition) is 1. The summed E-state index contributed by atoms with van der Waals surface area (Å²) in [5.74, 6) is 0. The van der Waals surface area contributed by atoms with Gasteiger partial charge in [0.05, 0.1) is 5.02 Å². The van der Waals surface area contributed by atoms with Gasteiger partial charge in [-0.2, -0.15) is 0 Å². The molecule has 16 heavy (non-hydrogen) atoms. The third-order valence-corrected chi connectivity index (χ3v) is 3.92. The van der Waals surface area contributed by atoms with Gasteiger partial charge in [-0.15, -0.1) is 0 Å². The van der Waals surface area contributed by atoms with Crippen molar-refractivity contribution >= 4 is 27.5 Å². The van der Waals surface area contributed by atoms with E-state index in [4.69, 9.17) is 11.6 Å². The maximum absolute atomic E-state index is 6.09. The second-order valence-electron chi connectivity index (χ2n) is 3.82. The van der Waals surface area contributed by atoms with E-state index in [-0.39, 0.29) is 6.04 Å². The molecule has 88 valence electrons. The molecule has 0 aliphatic carbocycles. The van der Waals surface area contributed by atoms with Crippen LogP contribution < -0.4 is 5.32 Å². The molecule has 0 aliphatic rings. The SMILES string of the molecule is C=C(CC)CC(NC)c1ccc(Br)c(Cl)c1. The van der Waals surface area contributed by atoms with Crippen LogP contribution in [0.2, 0.25) is 5.02 Å². The fourth-order valence-electron chi connectivity index (χ4n) is 1.55. The molecule has 0 heterocycles. The summed E-state index contributed by atoms with van der Waals surface area (Å²) in [5.41, 5.74) is 2.45. The van der Waals surface area contributed by atoms with Gasteiger partial charge in [0.15, 0.2) is 0 Å². The van der Waals surface area contributed by atoms with E-state index in [2.05, 4.69) is 40.8 Å². The van der Waals surface area contributed by atoms with Gasteiger partial charge in [0.1, 0.15) is 0 Å². The molecule has 0 aliphatic heterocycles. The Balaban J connectivity index is 2.86. The summed E-state index contributed by atoms with van der Waals surface area (Å²) >= 11 is 9.48. The predicted molar refractivity (Wildman–Crippen MR) is 75.0 cm³/mol. The molecule has 0 fully saturated rings. The Morgan fingerprint density at radius 1 is 1.56 bits per heavy atom. The number of halogens is 2. The molecule has 1 aromatic carbocycles. The van der Waals surface area contributed by atoms with Crippen LogP contribution in [0.3, 0.4) is 0 Å². The Morgan fingerprint density at radius 3 is 2.75 bits per heavy atom. The molecule has 1 nitrogen and oxygen atoms in total. The second kappa shape index (κ2) is 6.43. The molecule has 1 rings (SSSR count). The lowest BCUT2D eigenvalue weighted by atomic mass is 9.99. The minimum atomic E-state index is 0.290. The first-order chi connectivity index (χ1) is 7.58. The molecule has 1 N–H and O–H groups in total. The average Bonchev–Trinajstić information content (AvgIpc) is 2.29. The lowest BCUT2D eigenvalue weighted by Crippen LogP contribution is -2.16. The number of nitrogens with one attached hydrogen (secondary N) is 1. The van der Waals surface area contributed by atoms with E-state index in [1.54, 1.807) is 0 Å². The smallest absolute Gasteiger partial charge is 0.0551 e. The summed E-state index contributed by atoms with van der Waals surface area (Å²) in [5, 5.41) is 4.05. The molecule has 1 aromatic rings. The van der Waals surface area contributed by atoms with Crippen molar-refractivity contribution < 1.29 is 0 Å². The number of benzene rings is 1. The first kappa shape index (κ1) is 13.8. The van der Waals surface area contributed by atoms with Crippen LogP contribution in [0.1, 0.15) is 31.4 Å². The summed E-state index contributed by atoms with van der Waals surface area (Å²) in [7, 11) is 1.96. The van der Waals surface area contributed by atoms with Gasteiger partial charge in [-0.25, -0.2) is 0 Å². The van der Waals surface area contributed by atoms with E-state index in [1.165, 1.54) is 11.1 Å². The zero-order chi connectivity index (χ0) is 12.1. The molecule has 3 heteroatoms. The highest BCUT2D eigenvalue weighted by Crippen LogP contribution is 2.28. The van der Waals surface area contributed by atoms with Crippen molar-refractivity contribution in [3.8, 4) is 0 Å². The lowest BCUT2D eigenvalue weighted by molar-refractivity contribution is 0.582. The Bertz CT molecular complexity index is 376. The molecule has 1 unspecified atom stereocenters. The minimum Gasteiger partial charge on any atom is -0.313 e. The van der Waals surface area contributed by atoms with Crippen LogP contribution >= 0.6 is 27.5 Å². The van der Waals surface area contributed by atoms with E-state index in [0.29, 0.717) is 0 Å². The molecule has 0 spiro atoms. The Morgan fingerprint density at radius 2 is 2.25 bits per heavy atom. The summed E-state index contributed by atoms with van der Waals surface area (Å²) in [4.78, 5) is 0. The standard InChI is InChI=1S/C13H17BrClN/c1-4-9(2)7-13(16-3)10-5-6-11(14)12(15)8-10/h5-6,8,13,16H,2,4,7H2,1,3H3. The first-order valence-electron chi connectivity index (χ1n) is 5.37. The molecule has 0 amide bonds. The third kappa shape index (κ3) is 3.62. The highest BCUT2D eigenvalue weighted by molar-refractivity contribution is 9.10. The zero-order valence-electron chi connectivity index (χ0n) is 9.69. The van der Waals surface area contributed by atoms with Gasteiger partial charge >= 0.3 is 0 Å². The predicted octanol–water partition coefficient (Wildman–Crippen LogP) is 4.72. The van der Waals surface area contributed by atoms with Crippen LogP contribution in [0.25, 0.3) is 0 Å². The molecular weight excluding hydrogens is 286 g/mol. The van der Waals surface area contributed by atoms with Crippen molar-refractivity contribution in [3.05, 3.63) is 45.4 Å². The van der Waals surface area contributed by atoms with Crippen LogP contribution in [-0.4, -0.2) is 7.05 Å². The highest BCUT2D eigenvalue weighted by atomic mass is 79.9. The average molecular weight is 303 g/mol. The van der Waals surface area contributed by atoms with Gasteiger partial charge in [-0.1, -0.05) is 36.7 Å². The van der Waals surface area contributed by atoms with E-state index in [0.717, 1.165) is 22.3 Å². The van der Waals surface area contributed by atoms with Crippen LogP contribution in [-0.2, 0) is 0 Å². The van der Waals surface area contributed by atoms with E-state index < -0.39 is 0 Å². The molecule has 1 atom stereocenters. The molecular formula is C13H17BrClN. The van der Waals surface area contributed by atoms with Gasteiger partial charge in [0, 0.05) is 10.5 Å². The molecule has 0 saturated heterocycles. The molecule has 0 bridgehead atoms. The summed E-state index contributed by atoms with van der Waals surface area (Å²) < 4.78 is 0.932. The van der Waals surface area contributed by atoms with E-state index in [9.17, 15) is 0 Å². The zero-order valence-corrected chi connectivity index (χ0v) is 12.0. The largest absolute Gasteiger partial charge is 0.313 e. The molecule has 0 saturated carbocycles. The number of rotatable bonds is 5. The van der Waals surface area contributed by atoms with Gasteiger partial charge in [0.25, 0.3) is 0 Å². The monoisotopic (exact) mass is 301 g/mol. The van der Waals surface area contributed by atoms with Crippen molar-refractivity contribution in [1.82, 2.24) is 5.32 Å². The third-order valence-electron chi connectivity index (χ3n) is 2.69. The van der Waals surface area contributed by atoms with Crippen LogP contribution in [0, 0.1) is 0 Å². The Hall–Kier alpha value is -0.310. The second-order valence-corrected chi connectivity index (χ2v) is 5.08. The van der Waals surface area contributed by atoms with Gasteiger partial charge in [-0.3, -0.25) is 0 Å². The van der Waals surface area contributed by atoms with Crippen LogP contribution in [0.5, 0.6) is 0 Å². The Labute approximate surface area is 111 Å². The summed E-state index contributed by atoms with van der Waals surface area (Å²) in [6, 6.07) is 6.35. The lowest BCUT2D eigenvalue weighted by Gasteiger charge is -2.18. The van der Waals surface area contributed by atoms with E-state index >= 15 is 0 Å². The van der Waals surface area contributed by atoms with Crippen molar-refractivity contribution in [1.29, 1.82) is 0 Å². The van der Waals surface area contributed by atoms with Gasteiger partial charge < -0.3 is 5.32 Å². The van der Waals surface area contributed by atoms with Gasteiger partial charge in [-0.05, 0) is 53.5 Å². The normalized spacial score (nSPS) is 12.5. The topological polar surface area (TPSA) is 12.0 Å². The maximum Gasteiger partial charge on any atom is 0.0551 e. The van der Waals surface area contributed by atoms with Crippen LogP contribution in [0.4, 0.5) is 0 Å². The number of hydrogen-bond acceptors (Lipinski definition) is 1. The summed E-state index contributed by atoms with van der Waals surface area (Å²) in [6.45, 7) is 6.17. The quantitative estimate of drug-likeness (QED) is 0.776. The molecule has 0 radical (unpaired) electrons. The first-order valence-corrected chi connectivity index (χ1v) is 6.54. The van der Waals surface area contributed by atoms with Crippen molar-refractivity contribution in [3.63, 3.8) is 0 Å². The molecule has 0 aromatic heterocycles. The highest BCUT2D eigenvalue weighted by Gasteiger charge is 2.11. The minimum absolute atomic E-state index is 0.290.